The van der Waals surface area contributed by atoms with E-state index in [0.717, 1.165) is 18.5 Å². The maximum absolute atomic E-state index is 11.4. The van der Waals surface area contributed by atoms with Crippen LogP contribution in [0.15, 0.2) is 34.9 Å². The Morgan fingerprint density at radius 2 is 2.19 bits per heavy atom. The Bertz CT molecular complexity index is 641. The van der Waals surface area contributed by atoms with Crippen molar-refractivity contribution in [2.24, 2.45) is 0 Å². The number of hydrogen-bond acceptors (Lipinski definition) is 5. The molecule has 1 N–H and O–H groups in total. The smallest absolute Gasteiger partial charge is 0.323 e. The van der Waals surface area contributed by atoms with Gasteiger partial charge in [-0.1, -0.05) is 23.4 Å². The largest absolute Gasteiger partial charge is 0.480 e. The van der Waals surface area contributed by atoms with E-state index >= 15 is 0 Å². The van der Waals surface area contributed by atoms with Gasteiger partial charge in [-0.15, -0.1) is 0 Å². The Kier molecular flexibility index (Phi) is 3.47. The van der Waals surface area contributed by atoms with Crippen LogP contribution < -0.4 is 0 Å². The second kappa shape index (κ2) is 5.29. The molecule has 1 aliphatic rings. The third-order valence-corrected chi connectivity index (χ3v) is 4.07. The SMILES string of the molecule is CC1(C(=O)O)CCCN1Cc1noc(-c2ccccc2)n1. The number of aromatic nitrogens is 2. The van der Waals surface area contributed by atoms with Crippen LogP contribution in [0.25, 0.3) is 11.5 Å². The molecule has 110 valence electrons. The number of hydrogen-bond donors (Lipinski definition) is 1. The van der Waals surface area contributed by atoms with Gasteiger partial charge in [0.05, 0.1) is 6.54 Å². The molecule has 0 bridgehead atoms. The first-order chi connectivity index (χ1) is 10.1. The zero-order valence-electron chi connectivity index (χ0n) is 11.8. The molecule has 2 aromatic rings. The molecule has 6 nitrogen and oxygen atoms in total. The van der Waals surface area contributed by atoms with Gasteiger partial charge >= 0.3 is 5.97 Å². The topological polar surface area (TPSA) is 79.5 Å². The molecule has 1 unspecified atom stereocenters. The van der Waals surface area contributed by atoms with Crippen molar-refractivity contribution in [3.05, 3.63) is 36.2 Å². The highest BCUT2D eigenvalue weighted by Crippen LogP contribution is 2.30. The van der Waals surface area contributed by atoms with E-state index < -0.39 is 11.5 Å². The molecule has 1 fully saturated rings. The zero-order valence-corrected chi connectivity index (χ0v) is 11.8. The molecule has 0 radical (unpaired) electrons. The fraction of sp³-hybridized carbons (Fsp3) is 0.400. The van der Waals surface area contributed by atoms with Gasteiger partial charge in [-0.3, -0.25) is 9.69 Å². The maximum Gasteiger partial charge on any atom is 0.323 e. The van der Waals surface area contributed by atoms with E-state index in [9.17, 15) is 9.90 Å². The molecule has 6 heteroatoms. The number of carbonyl (C=O) groups is 1. The summed E-state index contributed by atoms with van der Waals surface area (Å²) in [6, 6.07) is 9.52. The average molecular weight is 287 g/mol. The van der Waals surface area contributed by atoms with E-state index in [2.05, 4.69) is 10.1 Å². The third-order valence-electron chi connectivity index (χ3n) is 4.07. The van der Waals surface area contributed by atoms with Crippen molar-refractivity contribution in [3.8, 4) is 11.5 Å². The summed E-state index contributed by atoms with van der Waals surface area (Å²) in [4.78, 5) is 17.7. The predicted molar refractivity (Wildman–Crippen MR) is 75.4 cm³/mol. The van der Waals surface area contributed by atoms with Crippen molar-refractivity contribution in [1.29, 1.82) is 0 Å². The maximum atomic E-state index is 11.4. The van der Waals surface area contributed by atoms with Gasteiger partial charge in [-0.25, -0.2) is 0 Å². The summed E-state index contributed by atoms with van der Waals surface area (Å²) >= 11 is 0. The van der Waals surface area contributed by atoms with Crippen molar-refractivity contribution in [2.45, 2.75) is 31.8 Å². The minimum Gasteiger partial charge on any atom is -0.480 e. The molecular formula is C15H17N3O3. The average Bonchev–Trinajstić information content (AvgIpc) is 3.09. The minimum absolute atomic E-state index is 0.388. The molecular weight excluding hydrogens is 270 g/mol. The third kappa shape index (κ3) is 2.54. The first kappa shape index (κ1) is 13.8. The number of carboxylic acids is 1. The monoisotopic (exact) mass is 287 g/mol. The highest BCUT2D eigenvalue weighted by molar-refractivity contribution is 5.78. The fourth-order valence-corrected chi connectivity index (χ4v) is 2.70. The number of benzene rings is 1. The molecule has 1 aromatic heterocycles. The lowest BCUT2D eigenvalue weighted by molar-refractivity contribution is -0.149. The molecule has 1 aromatic carbocycles. The van der Waals surface area contributed by atoms with E-state index in [-0.39, 0.29) is 0 Å². The highest BCUT2D eigenvalue weighted by atomic mass is 16.5. The van der Waals surface area contributed by atoms with Crippen LogP contribution in [0.1, 0.15) is 25.6 Å². The molecule has 1 atom stereocenters. The summed E-state index contributed by atoms with van der Waals surface area (Å²) in [6.07, 6.45) is 1.51. The second-order valence-electron chi connectivity index (χ2n) is 5.49. The summed E-state index contributed by atoms with van der Waals surface area (Å²) in [5, 5.41) is 13.4. The van der Waals surface area contributed by atoms with Crippen LogP contribution in [0, 0.1) is 0 Å². The second-order valence-corrected chi connectivity index (χ2v) is 5.49. The summed E-state index contributed by atoms with van der Waals surface area (Å²) in [5.74, 6) is 0.178. The van der Waals surface area contributed by atoms with Gasteiger partial charge in [0.25, 0.3) is 5.89 Å². The van der Waals surface area contributed by atoms with E-state index in [4.69, 9.17) is 4.52 Å². The summed E-state index contributed by atoms with van der Waals surface area (Å²) in [7, 11) is 0. The van der Waals surface area contributed by atoms with Gasteiger partial charge in [-0.2, -0.15) is 4.98 Å². The lowest BCUT2D eigenvalue weighted by atomic mass is 9.99. The van der Waals surface area contributed by atoms with Gasteiger partial charge in [0, 0.05) is 5.56 Å². The minimum atomic E-state index is -0.840. The Morgan fingerprint density at radius 3 is 2.90 bits per heavy atom. The molecule has 0 saturated carbocycles. The van der Waals surface area contributed by atoms with Crippen LogP contribution in [-0.2, 0) is 11.3 Å². The van der Waals surface area contributed by atoms with Crippen LogP contribution in [0.2, 0.25) is 0 Å². The lowest BCUT2D eigenvalue weighted by Gasteiger charge is -2.29. The molecule has 0 amide bonds. The van der Waals surface area contributed by atoms with Crippen molar-refractivity contribution < 1.29 is 14.4 Å². The van der Waals surface area contributed by atoms with Crippen molar-refractivity contribution >= 4 is 5.97 Å². The first-order valence-corrected chi connectivity index (χ1v) is 6.96. The van der Waals surface area contributed by atoms with Gasteiger partial charge < -0.3 is 9.63 Å². The van der Waals surface area contributed by atoms with E-state index in [1.165, 1.54) is 0 Å². The molecule has 3 rings (SSSR count). The highest BCUT2D eigenvalue weighted by Gasteiger charge is 2.43. The number of aliphatic carboxylic acids is 1. The lowest BCUT2D eigenvalue weighted by Crippen LogP contribution is -2.47. The van der Waals surface area contributed by atoms with Gasteiger partial charge in [0.1, 0.15) is 5.54 Å². The van der Waals surface area contributed by atoms with Crippen LogP contribution in [0.4, 0.5) is 0 Å². The van der Waals surface area contributed by atoms with Crippen LogP contribution in [0.5, 0.6) is 0 Å². The predicted octanol–water partition coefficient (Wildman–Crippen LogP) is 2.18. The normalized spacial score (nSPS) is 22.5. The molecule has 2 heterocycles. The standard InChI is InChI=1S/C15H17N3O3/c1-15(14(19)20)8-5-9-18(15)10-12-16-13(21-17-12)11-6-3-2-4-7-11/h2-4,6-7H,5,8-10H2,1H3,(H,19,20). The van der Waals surface area contributed by atoms with Crippen molar-refractivity contribution in [3.63, 3.8) is 0 Å². The quantitative estimate of drug-likeness (QED) is 0.928. The first-order valence-electron chi connectivity index (χ1n) is 6.96. The van der Waals surface area contributed by atoms with E-state index in [1.54, 1.807) is 6.92 Å². The molecule has 21 heavy (non-hydrogen) atoms. The molecule has 1 saturated heterocycles. The Balaban J connectivity index is 1.77. The number of rotatable bonds is 4. The van der Waals surface area contributed by atoms with Crippen LogP contribution >= 0.6 is 0 Å². The summed E-state index contributed by atoms with van der Waals surface area (Å²) in [6.45, 7) is 2.87. The van der Waals surface area contributed by atoms with Crippen molar-refractivity contribution in [1.82, 2.24) is 15.0 Å². The van der Waals surface area contributed by atoms with Crippen LogP contribution in [0.3, 0.4) is 0 Å². The van der Waals surface area contributed by atoms with Crippen molar-refractivity contribution in [2.75, 3.05) is 6.54 Å². The number of likely N-dealkylation sites (tertiary alicyclic amines) is 1. The summed E-state index contributed by atoms with van der Waals surface area (Å²) < 4.78 is 5.25. The molecule has 0 spiro atoms. The van der Waals surface area contributed by atoms with Gasteiger partial charge in [0.2, 0.25) is 0 Å². The number of carboxylic acid groups (broad SMARTS) is 1. The molecule has 0 aliphatic carbocycles. The Labute approximate surface area is 122 Å². The molecule has 1 aliphatic heterocycles. The number of nitrogens with zero attached hydrogens (tertiary/aromatic N) is 3. The summed E-state index contributed by atoms with van der Waals surface area (Å²) in [5.41, 5.74) is 0.0201. The van der Waals surface area contributed by atoms with E-state index in [0.29, 0.717) is 24.7 Å². The zero-order chi connectivity index (χ0) is 14.9. The Hall–Kier alpha value is -2.21. The Morgan fingerprint density at radius 1 is 1.43 bits per heavy atom. The fourth-order valence-electron chi connectivity index (χ4n) is 2.70. The van der Waals surface area contributed by atoms with Crippen LogP contribution in [-0.4, -0.2) is 38.2 Å². The van der Waals surface area contributed by atoms with E-state index in [1.807, 2.05) is 35.2 Å². The van der Waals surface area contributed by atoms with Gasteiger partial charge in [-0.05, 0) is 38.4 Å². The van der Waals surface area contributed by atoms with Gasteiger partial charge in [0.15, 0.2) is 5.82 Å².